The molecule has 0 spiro atoms. The highest BCUT2D eigenvalue weighted by atomic mass is 19.4. The van der Waals surface area contributed by atoms with Gasteiger partial charge in [0, 0.05) is 20.1 Å². The lowest BCUT2D eigenvalue weighted by atomic mass is 10.1. The van der Waals surface area contributed by atoms with Crippen LogP contribution in [0.15, 0.2) is 23.2 Å². The lowest BCUT2D eigenvalue weighted by Crippen LogP contribution is -2.38. The Morgan fingerprint density at radius 2 is 1.95 bits per heavy atom. The van der Waals surface area contributed by atoms with Gasteiger partial charge in [0.2, 0.25) is 0 Å². The molecule has 0 aliphatic heterocycles. The summed E-state index contributed by atoms with van der Waals surface area (Å²) >= 11 is 0. The first-order chi connectivity index (χ1) is 9.31. The second-order valence-electron chi connectivity index (χ2n) is 4.30. The molecular formula is C13H17F4N3. The van der Waals surface area contributed by atoms with Crippen molar-refractivity contribution in [3.63, 3.8) is 0 Å². The summed E-state index contributed by atoms with van der Waals surface area (Å²) in [7, 11) is 1.46. The number of hydrogen-bond acceptors (Lipinski definition) is 1. The molecule has 1 aromatic rings. The molecule has 0 bridgehead atoms. The third kappa shape index (κ3) is 5.90. The number of nitrogens with one attached hydrogen (secondary N) is 2. The van der Waals surface area contributed by atoms with Crippen molar-refractivity contribution >= 4 is 5.96 Å². The molecule has 0 aliphatic rings. The first-order valence-corrected chi connectivity index (χ1v) is 6.08. The number of aryl methyl sites for hydroxylation is 1. The van der Waals surface area contributed by atoms with Crippen molar-refractivity contribution in [2.24, 2.45) is 4.99 Å². The maximum atomic E-state index is 13.3. The predicted octanol–water partition coefficient (Wildman–Crippen LogP) is 2.75. The van der Waals surface area contributed by atoms with Crippen molar-refractivity contribution < 1.29 is 17.6 Å². The van der Waals surface area contributed by atoms with Crippen LogP contribution in [0.25, 0.3) is 0 Å². The van der Waals surface area contributed by atoms with Crippen molar-refractivity contribution in [3.05, 3.63) is 35.1 Å². The Morgan fingerprint density at radius 3 is 2.50 bits per heavy atom. The molecule has 1 aromatic carbocycles. The van der Waals surface area contributed by atoms with Gasteiger partial charge in [0.25, 0.3) is 0 Å². The van der Waals surface area contributed by atoms with Crippen molar-refractivity contribution in [1.82, 2.24) is 10.6 Å². The highest BCUT2D eigenvalue weighted by molar-refractivity contribution is 5.79. The van der Waals surface area contributed by atoms with Gasteiger partial charge < -0.3 is 10.6 Å². The summed E-state index contributed by atoms with van der Waals surface area (Å²) in [5.74, 6) is -0.0699. The summed E-state index contributed by atoms with van der Waals surface area (Å²) in [6.07, 6.45) is -5.14. The van der Waals surface area contributed by atoms with E-state index in [0.717, 1.165) is 0 Å². The van der Waals surface area contributed by atoms with E-state index < -0.39 is 12.6 Å². The van der Waals surface area contributed by atoms with Crippen molar-refractivity contribution in [2.75, 3.05) is 13.6 Å². The minimum absolute atomic E-state index is 0.246. The molecule has 2 N–H and O–H groups in total. The summed E-state index contributed by atoms with van der Waals surface area (Å²) in [5.41, 5.74) is 1.23. The molecule has 0 aromatic heterocycles. The lowest BCUT2D eigenvalue weighted by molar-refractivity contribution is -0.132. The number of aliphatic imine (C=N–C) groups is 1. The van der Waals surface area contributed by atoms with E-state index in [1.54, 1.807) is 19.1 Å². The second-order valence-corrected chi connectivity index (χ2v) is 4.30. The van der Waals surface area contributed by atoms with Gasteiger partial charge in [-0.2, -0.15) is 13.2 Å². The summed E-state index contributed by atoms with van der Waals surface area (Å²) in [5, 5.41) is 5.37. The topological polar surface area (TPSA) is 36.4 Å². The van der Waals surface area contributed by atoms with Crippen molar-refractivity contribution in [1.29, 1.82) is 0 Å². The minimum Gasteiger partial charge on any atom is -0.356 e. The lowest BCUT2D eigenvalue weighted by Gasteiger charge is -2.13. The molecule has 0 fully saturated rings. The molecule has 3 nitrogen and oxygen atoms in total. The highest BCUT2D eigenvalue weighted by Gasteiger charge is 2.26. The number of halogens is 4. The zero-order valence-electron chi connectivity index (χ0n) is 11.3. The highest BCUT2D eigenvalue weighted by Crippen LogP contribution is 2.18. The van der Waals surface area contributed by atoms with Gasteiger partial charge in [0.1, 0.15) is 5.82 Å². The monoisotopic (exact) mass is 291 g/mol. The number of benzene rings is 1. The molecule has 112 valence electrons. The third-order valence-corrected chi connectivity index (χ3v) is 2.62. The smallest absolute Gasteiger partial charge is 0.356 e. The Kier molecular flexibility index (Phi) is 5.79. The van der Waals surface area contributed by atoms with Gasteiger partial charge in [-0.15, -0.1) is 0 Å². The fourth-order valence-electron chi connectivity index (χ4n) is 1.48. The van der Waals surface area contributed by atoms with Gasteiger partial charge in [-0.05, 0) is 24.1 Å². The van der Waals surface area contributed by atoms with Crippen LogP contribution in [-0.2, 0) is 6.54 Å². The molecule has 1 rings (SSSR count). The van der Waals surface area contributed by atoms with Crippen LogP contribution < -0.4 is 10.6 Å². The summed E-state index contributed by atoms with van der Waals surface area (Å²) in [4.78, 5) is 3.80. The first-order valence-electron chi connectivity index (χ1n) is 6.08. The van der Waals surface area contributed by atoms with Crippen LogP contribution in [-0.4, -0.2) is 25.7 Å². The number of rotatable bonds is 4. The number of nitrogens with zero attached hydrogens (tertiary/aromatic N) is 1. The molecule has 0 saturated heterocycles. The van der Waals surface area contributed by atoms with Crippen LogP contribution >= 0.6 is 0 Å². The minimum atomic E-state index is -4.20. The van der Waals surface area contributed by atoms with Gasteiger partial charge in [-0.25, -0.2) is 4.39 Å². The SMILES string of the molecule is CN=C(NCCC(F)(F)F)NCc1ccc(C)c(F)c1. The number of hydrogen-bond donors (Lipinski definition) is 2. The zero-order valence-corrected chi connectivity index (χ0v) is 11.3. The first kappa shape index (κ1) is 16.3. The van der Waals surface area contributed by atoms with E-state index in [-0.39, 0.29) is 24.9 Å². The van der Waals surface area contributed by atoms with E-state index in [9.17, 15) is 17.6 Å². The Balaban J connectivity index is 2.43. The molecular weight excluding hydrogens is 274 g/mol. The van der Waals surface area contributed by atoms with Crippen LogP contribution in [0.3, 0.4) is 0 Å². The van der Waals surface area contributed by atoms with Gasteiger partial charge in [0.05, 0.1) is 6.42 Å². The summed E-state index contributed by atoms with van der Waals surface area (Å²) in [6, 6.07) is 4.77. The molecule has 7 heteroatoms. The molecule has 0 saturated carbocycles. The quantitative estimate of drug-likeness (QED) is 0.508. The van der Waals surface area contributed by atoms with Crippen LogP contribution in [0.5, 0.6) is 0 Å². The number of alkyl halides is 3. The summed E-state index contributed by atoms with van der Waals surface area (Å²) < 4.78 is 49.3. The van der Waals surface area contributed by atoms with E-state index in [4.69, 9.17) is 0 Å². The molecule has 20 heavy (non-hydrogen) atoms. The molecule has 0 unspecified atom stereocenters. The molecule has 0 heterocycles. The fraction of sp³-hybridized carbons (Fsp3) is 0.462. The standard InChI is InChI=1S/C13H17F4N3/c1-9-3-4-10(7-11(9)14)8-20-12(18-2)19-6-5-13(15,16)17/h3-4,7H,5-6,8H2,1-2H3,(H2,18,19,20). The zero-order chi connectivity index (χ0) is 15.2. The van der Waals surface area contributed by atoms with E-state index >= 15 is 0 Å². The van der Waals surface area contributed by atoms with E-state index in [1.807, 2.05) is 0 Å². The molecule has 0 aliphatic carbocycles. The Hall–Kier alpha value is -1.79. The number of guanidine groups is 1. The normalized spacial score (nSPS) is 12.4. The Bertz CT molecular complexity index is 469. The van der Waals surface area contributed by atoms with Crippen LogP contribution in [0.2, 0.25) is 0 Å². The maximum Gasteiger partial charge on any atom is 0.390 e. The second kappa shape index (κ2) is 7.12. The average molecular weight is 291 g/mol. The predicted molar refractivity (Wildman–Crippen MR) is 70.0 cm³/mol. The van der Waals surface area contributed by atoms with Crippen LogP contribution in [0.1, 0.15) is 17.5 Å². The third-order valence-electron chi connectivity index (χ3n) is 2.62. The Labute approximate surface area is 115 Å². The average Bonchev–Trinajstić information content (AvgIpc) is 2.36. The summed E-state index contributed by atoms with van der Waals surface area (Å²) in [6.45, 7) is 1.68. The maximum absolute atomic E-state index is 13.3. The van der Waals surface area contributed by atoms with E-state index in [0.29, 0.717) is 11.1 Å². The van der Waals surface area contributed by atoms with Crippen molar-refractivity contribution in [3.8, 4) is 0 Å². The van der Waals surface area contributed by atoms with E-state index in [1.165, 1.54) is 13.1 Å². The van der Waals surface area contributed by atoms with Gasteiger partial charge >= 0.3 is 6.18 Å². The van der Waals surface area contributed by atoms with Crippen LogP contribution in [0.4, 0.5) is 17.6 Å². The fourth-order valence-corrected chi connectivity index (χ4v) is 1.48. The van der Waals surface area contributed by atoms with E-state index in [2.05, 4.69) is 15.6 Å². The van der Waals surface area contributed by atoms with Gasteiger partial charge in [-0.1, -0.05) is 12.1 Å². The van der Waals surface area contributed by atoms with Gasteiger partial charge in [-0.3, -0.25) is 4.99 Å². The Morgan fingerprint density at radius 1 is 1.25 bits per heavy atom. The largest absolute Gasteiger partial charge is 0.390 e. The van der Waals surface area contributed by atoms with Gasteiger partial charge in [0.15, 0.2) is 5.96 Å². The molecule has 0 amide bonds. The molecule has 0 atom stereocenters. The molecule has 0 radical (unpaired) electrons. The van der Waals surface area contributed by atoms with Crippen molar-refractivity contribution in [2.45, 2.75) is 26.1 Å². The van der Waals surface area contributed by atoms with Crippen LogP contribution in [0, 0.1) is 12.7 Å².